The van der Waals surface area contributed by atoms with Crippen LogP contribution in [-0.4, -0.2) is 32.1 Å². The van der Waals surface area contributed by atoms with E-state index in [0.717, 1.165) is 31.9 Å². The van der Waals surface area contributed by atoms with Crippen molar-refractivity contribution in [1.82, 2.24) is 10.2 Å². The molecule has 0 fully saturated rings. The lowest BCUT2D eigenvalue weighted by atomic mass is 10.1. The van der Waals surface area contributed by atoms with Crippen LogP contribution < -0.4 is 10.1 Å². The van der Waals surface area contributed by atoms with E-state index in [9.17, 15) is 0 Å². The van der Waals surface area contributed by atoms with Gasteiger partial charge in [0.15, 0.2) is 0 Å². The van der Waals surface area contributed by atoms with E-state index in [1.807, 2.05) is 0 Å². The highest BCUT2D eigenvalue weighted by molar-refractivity contribution is 5.37. The maximum absolute atomic E-state index is 5.46. The zero-order valence-electron chi connectivity index (χ0n) is 13.0. The van der Waals surface area contributed by atoms with Gasteiger partial charge in [-0.3, -0.25) is 0 Å². The van der Waals surface area contributed by atoms with Gasteiger partial charge in [-0.2, -0.15) is 0 Å². The standard InChI is InChI=1S/C16H28N2O/c1-6-17-10-14-7-8-16(19-5)15(9-14)12-18(4)11-13(2)3/h7-9,13,17H,6,10-12H2,1-5H3. The molecule has 3 nitrogen and oxygen atoms in total. The molecule has 0 unspecified atom stereocenters. The molecule has 1 N–H and O–H groups in total. The molecule has 0 aliphatic heterocycles. The van der Waals surface area contributed by atoms with Crippen LogP contribution in [0.25, 0.3) is 0 Å². The highest BCUT2D eigenvalue weighted by Crippen LogP contribution is 2.21. The summed E-state index contributed by atoms with van der Waals surface area (Å²) < 4.78 is 5.46. The van der Waals surface area contributed by atoms with Gasteiger partial charge in [0.25, 0.3) is 0 Å². The largest absolute Gasteiger partial charge is 0.496 e. The molecular formula is C16H28N2O. The lowest BCUT2D eigenvalue weighted by Crippen LogP contribution is -2.23. The van der Waals surface area contributed by atoms with Gasteiger partial charge < -0.3 is 15.0 Å². The third kappa shape index (κ3) is 5.62. The molecule has 0 atom stereocenters. The maximum Gasteiger partial charge on any atom is 0.123 e. The van der Waals surface area contributed by atoms with Gasteiger partial charge in [0, 0.05) is 25.2 Å². The van der Waals surface area contributed by atoms with E-state index in [2.05, 4.69) is 56.2 Å². The molecule has 1 rings (SSSR count). The third-order valence-electron chi connectivity index (χ3n) is 3.04. The Morgan fingerprint density at radius 3 is 2.63 bits per heavy atom. The first-order valence-corrected chi connectivity index (χ1v) is 7.11. The predicted octanol–water partition coefficient (Wildman–Crippen LogP) is 2.89. The fourth-order valence-electron chi connectivity index (χ4n) is 2.31. The Morgan fingerprint density at radius 2 is 2.05 bits per heavy atom. The van der Waals surface area contributed by atoms with Crippen molar-refractivity contribution >= 4 is 0 Å². The molecule has 0 aliphatic carbocycles. The fourth-order valence-corrected chi connectivity index (χ4v) is 2.31. The molecule has 0 spiro atoms. The van der Waals surface area contributed by atoms with E-state index in [0.29, 0.717) is 5.92 Å². The van der Waals surface area contributed by atoms with Gasteiger partial charge in [-0.1, -0.05) is 26.8 Å². The van der Waals surface area contributed by atoms with Crippen LogP contribution in [0.4, 0.5) is 0 Å². The van der Waals surface area contributed by atoms with Crippen molar-refractivity contribution in [1.29, 1.82) is 0 Å². The summed E-state index contributed by atoms with van der Waals surface area (Å²) >= 11 is 0. The second-order valence-corrected chi connectivity index (χ2v) is 5.52. The Balaban J connectivity index is 2.77. The zero-order valence-corrected chi connectivity index (χ0v) is 13.0. The fraction of sp³-hybridized carbons (Fsp3) is 0.625. The van der Waals surface area contributed by atoms with Crippen molar-refractivity contribution in [3.8, 4) is 5.75 Å². The van der Waals surface area contributed by atoms with Gasteiger partial charge in [0.2, 0.25) is 0 Å². The van der Waals surface area contributed by atoms with Crippen LogP contribution >= 0.6 is 0 Å². The molecular weight excluding hydrogens is 236 g/mol. The Kier molecular flexibility index (Phi) is 6.89. The summed E-state index contributed by atoms with van der Waals surface area (Å²) in [5.41, 5.74) is 2.58. The average molecular weight is 264 g/mol. The van der Waals surface area contributed by atoms with Gasteiger partial charge in [-0.05, 0) is 37.2 Å². The van der Waals surface area contributed by atoms with Crippen LogP contribution in [0.3, 0.4) is 0 Å². The van der Waals surface area contributed by atoms with Gasteiger partial charge in [-0.15, -0.1) is 0 Å². The van der Waals surface area contributed by atoms with Crippen LogP contribution in [0.15, 0.2) is 18.2 Å². The van der Waals surface area contributed by atoms with Crippen molar-refractivity contribution in [2.45, 2.75) is 33.9 Å². The molecule has 19 heavy (non-hydrogen) atoms. The monoisotopic (exact) mass is 264 g/mol. The van der Waals surface area contributed by atoms with Crippen LogP contribution in [0.5, 0.6) is 5.75 Å². The Morgan fingerprint density at radius 1 is 1.32 bits per heavy atom. The number of hydrogen-bond acceptors (Lipinski definition) is 3. The molecule has 0 saturated heterocycles. The van der Waals surface area contributed by atoms with E-state index in [1.54, 1.807) is 7.11 Å². The molecule has 0 bridgehead atoms. The van der Waals surface area contributed by atoms with Gasteiger partial charge in [-0.25, -0.2) is 0 Å². The van der Waals surface area contributed by atoms with E-state index < -0.39 is 0 Å². The Hall–Kier alpha value is -1.06. The summed E-state index contributed by atoms with van der Waals surface area (Å²) in [6.07, 6.45) is 0. The van der Waals surface area contributed by atoms with Crippen molar-refractivity contribution in [3.05, 3.63) is 29.3 Å². The number of hydrogen-bond donors (Lipinski definition) is 1. The summed E-state index contributed by atoms with van der Waals surface area (Å²) in [7, 11) is 3.90. The number of ether oxygens (including phenoxy) is 1. The first-order chi connectivity index (χ1) is 9.06. The Labute approximate surface area is 118 Å². The molecule has 3 heteroatoms. The quantitative estimate of drug-likeness (QED) is 0.781. The zero-order chi connectivity index (χ0) is 14.3. The van der Waals surface area contributed by atoms with E-state index in [-0.39, 0.29) is 0 Å². The highest BCUT2D eigenvalue weighted by Gasteiger charge is 2.08. The van der Waals surface area contributed by atoms with Crippen molar-refractivity contribution in [2.24, 2.45) is 5.92 Å². The highest BCUT2D eigenvalue weighted by atomic mass is 16.5. The minimum absolute atomic E-state index is 0.681. The summed E-state index contributed by atoms with van der Waals surface area (Å²) in [5.74, 6) is 1.66. The van der Waals surface area contributed by atoms with Crippen LogP contribution in [-0.2, 0) is 13.1 Å². The SMILES string of the molecule is CCNCc1ccc(OC)c(CN(C)CC(C)C)c1. The lowest BCUT2D eigenvalue weighted by molar-refractivity contribution is 0.283. The van der Waals surface area contributed by atoms with Crippen molar-refractivity contribution < 1.29 is 4.74 Å². The number of nitrogens with one attached hydrogen (secondary N) is 1. The van der Waals surface area contributed by atoms with E-state index in [1.165, 1.54) is 11.1 Å². The maximum atomic E-state index is 5.46. The summed E-state index contributed by atoms with van der Waals surface area (Å²) in [4.78, 5) is 2.35. The van der Waals surface area contributed by atoms with Gasteiger partial charge in [0.1, 0.15) is 5.75 Å². The predicted molar refractivity (Wildman–Crippen MR) is 81.5 cm³/mol. The molecule has 108 valence electrons. The Bertz CT molecular complexity index is 377. The first-order valence-electron chi connectivity index (χ1n) is 7.11. The van der Waals surface area contributed by atoms with Crippen molar-refractivity contribution in [2.75, 3.05) is 27.2 Å². The van der Waals surface area contributed by atoms with Crippen LogP contribution in [0.1, 0.15) is 31.9 Å². The molecule has 0 saturated carbocycles. The molecule has 0 aliphatic rings. The van der Waals surface area contributed by atoms with Gasteiger partial charge >= 0.3 is 0 Å². The van der Waals surface area contributed by atoms with E-state index >= 15 is 0 Å². The molecule has 0 amide bonds. The normalized spacial score (nSPS) is 11.3. The summed E-state index contributed by atoms with van der Waals surface area (Å²) in [6, 6.07) is 6.46. The number of rotatable bonds is 8. The minimum atomic E-state index is 0.681. The number of benzene rings is 1. The van der Waals surface area contributed by atoms with E-state index in [4.69, 9.17) is 4.74 Å². The summed E-state index contributed by atoms with van der Waals surface area (Å²) in [5, 5.41) is 3.36. The average Bonchev–Trinajstić information content (AvgIpc) is 2.35. The molecule has 1 aromatic rings. The third-order valence-corrected chi connectivity index (χ3v) is 3.04. The van der Waals surface area contributed by atoms with Crippen molar-refractivity contribution in [3.63, 3.8) is 0 Å². The molecule has 0 radical (unpaired) electrons. The molecule has 0 heterocycles. The second-order valence-electron chi connectivity index (χ2n) is 5.52. The number of methoxy groups -OCH3 is 1. The summed E-state index contributed by atoms with van der Waals surface area (Å²) in [6.45, 7) is 10.6. The lowest BCUT2D eigenvalue weighted by Gasteiger charge is -2.21. The first kappa shape index (κ1) is 16.0. The molecule has 0 aromatic heterocycles. The molecule has 1 aromatic carbocycles. The second kappa shape index (κ2) is 8.18. The topological polar surface area (TPSA) is 24.5 Å². The van der Waals surface area contributed by atoms with Crippen LogP contribution in [0, 0.1) is 5.92 Å². The number of nitrogens with zero attached hydrogens (tertiary/aromatic N) is 1. The minimum Gasteiger partial charge on any atom is -0.496 e. The smallest absolute Gasteiger partial charge is 0.123 e. The van der Waals surface area contributed by atoms with Crippen LogP contribution in [0.2, 0.25) is 0 Å². The van der Waals surface area contributed by atoms with Gasteiger partial charge in [0.05, 0.1) is 7.11 Å².